The van der Waals surface area contributed by atoms with Gasteiger partial charge in [0.25, 0.3) is 0 Å². The molecule has 7 heteroatoms. The molecule has 98 valence electrons. The van der Waals surface area contributed by atoms with Crippen molar-refractivity contribution in [1.82, 2.24) is 5.32 Å². The van der Waals surface area contributed by atoms with E-state index in [1.165, 1.54) is 0 Å². The molecule has 1 rings (SSSR count). The van der Waals surface area contributed by atoms with Crippen molar-refractivity contribution in [2.75, 3.05) is 13.2 Å². The molecule has 0 atom stereocenters. The summed E-state index contributed by atoms with van der Waals surface area (Å²) in [5, 5.41) is 2.27. The van der Waals surface area contributed by atoms with Gasteiger partial charge in [0, 0.05) is 5.56 Å². The van der Waals surface area contributed by atoms with Crippen LogP contribution in [0.25, 0.3) is 0 Å². The van der Waals surface area contributed by atoms with Gasteiger partial charge < -0.3 is 10.1 Å². The number of amides is 1. The Morgan fingerprint density at radius 2 is 1.78 bits per heavy atom. The summed E-state index contributed by atoms with van der Waals surface area (Å²) in [4.78, 5) is 22.8. The van der Waals surface area contributed by atoms with Crippen LogP contribution in [0.4, 0.5) is 4.79 Å². The number of hydrogen-bond acceptors (Lipinski definition) is 3. The first kappa shape index (κ1) is 15.1. The van der Waals surface area contributed by atoms with Crippen molar-refractivity contribution in [1.29, 1.82) is 0 Å². The van der Waals surface area contributed by atoms with Crippen LogP contribution in [0.1, 0.15) is 10.4 Å². The molecule has 0 aliphatic heterocycles. The third-order valence-electron chi connectivity index (χ3n) is 1.86. The molecule has 0 saturated heterocycles. The predicted octanol–water partition coefficient (Wildman–Crippen LogP) is 2.97. The summed E-state index contributed by atoms with van der Waals surface area (Å²) >= 11 is 16.2. The van der Waals surface area contributed by atoms with Crippen LogP contribution in [0.15, 0.2) is 30.3 Å². The number of alkyl carbamates (subject to hydrolysis) is 1. The van der Waals surface area contributed by atoms with Crippen molar-refractivity contribution in [2.24, 2.45) is 0 Å². The van der Waals surface area contributed by atoms with Crippen LogP contribution in [0.3, 0.4) is 0 Å². The largest absolute Gasteiger partial charge is 0.445 e. The Morgan fingerprint density at radius 3 is 2.33 bits per heavy atom. The van der Waals surface area contributed by atoms with E-state index in [1.54, 1.807) is 30.3 Å². The molecule has 0 spiro atoms. The van der Waals surface area contributed by atoms with Gasteiger partial charge in [0.05, 0.1) is 6.54 Å². The lowest BCUT2D eigenvalue weighted by Crippen LogP contribution is -2.32. The number of rotatable bonds is 4. The lowest BCUT2D eigenvalue weighted by atomic mass is 10.1. The van der Waals surface area contributed by atoms with Gasteiger partial charge in [-0.2, -0.15) is 0 Å². The molecule has 1 amide bonds. The van der Waals surface area contributed by atoms with Gasteiger partial charge in [-0.3, -0.25) is 4.79 Å². The third kappa shape index (κ3) is 6.10. The van der Waals surface area contributed by atoms with E-state index in [4.69, 9.17) is 34.8 Å². The predicted molar refractivity (Wildman–Crippen MR) is 70.4 cm³/mol. The maximum atomic E-state index is 11.6. The highest BCUT2D eigenvalue weighted by Gasteiger charge is 2.22. The monoisotopic (exact) mass is 309 g/mol. The second-order valence-electron chi connectivity index (χ2n) is 3.33. The van der Waals surface area contributed by atoms with E-state index >= 15 is 0 Å². The zero-order valence-corrected chi connectivity index (χ0v) is 11.4. The molecule has 1 aromatic carbocycles. The maximum absolute atomic E-state index is 11.6. The van der Waals surface area contributed by atoms with Crippen molar-refractivity contribution in [3.63, 3.8) is 0 Å². The van der Waals surface area contributed by atoms with Gasteiger partial charge in [0.2, 0.25) is 3.79 Å². The molecule has 0 aromatic heterocycles. The van der Waals surface area contributed by atoms with Crippen molar-refractivity contribution in [3.05, 3.63) is 35.9 Å². The van der Waals surface area contributed by atoms with Crippen LogP contribution < -0.4 is 5.32 Å². The zero-order valence-electron chi connectivity index (χ0n) is 9.16. The fourth-order valence-electron chi connectivity index (χ4n) is 1.08. The van der Waals surface area contributed by atoms with Crippen LogP contribution in [0, 0.1) is 0 Å². The topological polar surface area (TPSA) is 55.4 Å². The minimum absolute atomic E-state index is 0.178. The molecule has 4 nitrogen and oxygen atoms in total. The Hall–Kier alpha value is -0.970. The lowest BCUT2D eigenvalue weighted by molar-refractivity contribution is 0.0978. The molecule has 0 aliphatic rings. The highest BCUT2D eigenvalue weighted by molar-refractivity contribution is 6.67. The van der Waals surface area contributed by atoms with Crippen LogP contribution in [0.5, 0.6) is 0 Å². The van der Waals surface area contributed by atoms with Gasteiger partial charge in [0.1, 0.15) is 6.61 Å². The number of ether oxygens (including phenoxy) is 1. The van der Waals surface area contributed by atoms with E-state index in [1.807, 2.05) is 0 Å². The van der Waals surface area contributed by atoms with Gasteiger partial charge >= 0.3 is 6.09 Å². The van der Waals surface area contributed by atoms with Crippen LogP contribution in [0.2, 0.25) is 0 Å². The van der Waals surface area contributed by atoms with Crippen molar-refractivity contribution in [2.45, 2.75) is 3.79 Å². The average Bonchev–Trinajstić information content (AvgIpc) is 2.33. The number of nitrogens with one attached hydrogen (secondary N) is 1. The molecular weight excluding hydrogens is 300 g/mol. The molecule has 0 bridgehead atoms. The second-order valence-corrected chi connectivity index (χ2v) is 5.85. The molecule has 18 heavy (non-hydrogen) atoms. The molecule has 0 radical (unpaired) electrons. The van der Waals surface area contributed by atoms with Crippen molar-refractivity contribution >= 4 is 46.7 Å². The van der Waals surface area contributed by atoms with Gasteiger partial charge in [-0.1, -0.05) is 65.1 Å². The molecule has 1 N–H and O–H groups in total. The van der Waals surface area contributed by atoms with E-state index in [9.17, 15) is 9.59 Å². The smallest absolute Gasteiger partial charge is 0.407 e. The molecule has 0 saturated carbocycles. The van der Waals surface area contributed by atoms with Crippen LogP contribution >= 0.6 is 34.8 Å². The summed E-state index contributed by atoms with van der Waals surface area (Å²) < 4.78 is 2.93. The summed E-state index contributed by atoms with van der Waals surface area (Å²) in [6, 6.07) is 8.55. The van der Waals surface area contributed by atoms with Crippen LogP contribution in [-0.4, -0.2) is 28.8 Å². The van der Waals surface area contributed by atoms with Gasteiger partial charge in [0.15, 0.2) is 5.78 Å². The fraction of sp³-hybridized carbons (Fsp3) is 0.273. The van der Waals surface area contributed by atoms with Crippen molar-refractivity contribution in [3.8, 4) is 0 Å². The highest BCUT2D eigenvalue weighted by atomic mass is 35.6. The lowest BCUT2D eigenvalue weighted by Gasteiger charge is -2.11. The summed E-state index contributed by atoms with van der Waals surface area (Å²) in [5.74, 6) is -0.235. The maximum Gasteiger partial charge on any atom is 0.407 e. The second kappa shape index (κ2) is 6.83. The number of hydrogen-bond donors (Lipinski definition) is 1. The summed E-state index contributed by atoms with van der Waals surface area (Å²) in [7, 11) is 0. The van der Waals surface area contributed by atoms with Crippen LogP contribution in [-0.2, 0) is 4.74 Å². The molecular formula is C11H10Cl3NO3. The molecule has 0 fully saturated rings. The third-order valence-corrected chi connectivity index (χ3v) is 2.18. The summed E-state index contributed by atoms with van der Waals surface area (Å²) in [5.41, 5.74) is 0.499. The molecule has 0 heterocycles. The van der Waals surface area contributed by atoms with E-state index in [-0.39, 0.29) is 18.9 Å². The fourth-order valence-corrected chi connectivity index (χ4v) is 1.24. The number of carbonyl (C=O) groups is 2. The minimum atomic E-state index is -1.67. The highest BCUT2D eigenvalue weighted by Crippen LogP contribution is 2.25. The van der Waals surface area contributed by atoms with E-state index < -0.39 is 9.89 Å². The SMILES string of the molecule is O=C(NCC(=O)c1ccccc1)OCC(Cl)(Cl)Cl. The Labute approximate surface area is 119 Å². The molecule has 1 aromatic rings. The van der Waals surface area contributed by atoms with E-state index in [2.05, 4.69) is 10.1 Å². The van der Waals surface area contributed by atoms with Gasteiger partial charge in [-0.25, -0.2) is 4.79 Å². The number of benzene rings is 1. The molecule has 0 aliphatic carbocycles. The summed E-state index contributed by atoms with van der Waals surface area (Å²) in [6.45, 7) is -0.564. The number of alkyl halides is 3. The number of halogens is 3. The molecule has 0 unspecified atom stereocenters. The Morgan fingerprint density at radius 1 is 1.17 bits per heavy atom. The van der Waals surface area contributed by atoms with E-state index in [0.717, 1.165) is 0 Å². The Kier molecular flexibility index (Phi) is 5.72. The first-order chi connectivity index (χ1) is 8.38. The minimum Gasteiger partial charge on any atom is -0.445 e. The van der Waals surface area contributed by atoms with E-state index in [0.29, 0.717) is 5.56 Å². The zero-order chi connectivity index (χ0) is 13.6. The first-order valence-electron chi connectivity index (χ1n) is 4.94. The number of Topliss-reactive ketones (excluding diaryl/α,β-unsaturated/α-hetero) is 1. The Bertz CT molecular complexity index is 417. The average molecular weight is 311 g/mol. The van der Waals surface area contributed by atoms with Gasteiger partial charge in [-0.15, -0.1) is 0 Å². The first-order valence-corrected chi connectivity index (χ1v) is 6.07. The van der Waals surface area contributed by atoms with Gasteiger partial charge in [-0.05, 0) is 0 Å². The Balaban J connectivity index is 2.33. The number of carbonyl (C=O) groups excluding carboxylic acids is 2. The summed E-state index contributed by atoms with van der Waals surface area (Å²) in [6.07, 6.45) is -0.814. The number of ketones is 1. The van der Waals surface area contributed by atoms with Crippen molar-refractivity contribution < 1.29 is 14.3 Å². The quantitative estimate of drug-likeness (QED) is 0.687. The standard InChI is InChI=1S/C11H10Cl3NO3/c12-11(13,14)7-18-10(17)15-6-9(16)8-4-2-1-3-5-8/h1-5H,6-7H2,(H,15,17). The normalized spacial score (nSPS) is 10.8.